The first-order chi connectivity index (χ1) is 6.66. The first-order valence-electron chi connectivity index (χ1n) is 4.11. The van der Waals surface area contributed by atoms with Crippen molar-refractivity contribution in [2.45, 2.75) is 0 Å². The van der Waals surface area contributed by atoms with Crippen LogP contribution >= 0.6 is 11.3 Å². The molecule has 0 atom stereocenters. The van der Waals surface area contributed by atoms with Crippen molar-refractivity contribution in [3.05, 3.63) is 35.5 Å². The monoisotopic (exact) mass is 207 g/mol. The Labute approximate surface area is 85.2 Å². The summed E-state index contributed by atoms with van der Waals surface area (Å²) in [4.78, 5) is 11.6. The van der Waals surface area contributed by atoms with Crippen molar-refractivity contribution in [2.75, 3.05) is 0 Å². The number of carbonyl (C=O) groups is 1. The Morgan fingerprint density at radius 3 is 2.86 bits per heavy atom. The van der Waals surface area contributed by atoms with Crippen LogP contribution in [0.4, 0.5) is 0 Å². The third-order valence-electron chi connectivity index (χ3n) is 1.96. The van der Waals surface area contributed by atoms with Crippen LogP contribution in [-0.2, 0) is 7.05 Å². The number of carboxylic acids is 1. The molecule has 0 amide bonds. The minimum atomic E-state index is -0.872. The second-order valence-corrected chi connectivity index (χ2v) is 3.98. The number of aryl methyl sites for hydroxylation is 1. The molecule has 0 saturated heterocycles. The maximum Gasteiger partial charge on any atom is 0.336 e. The molecule has 0 saturated carbocycles. The molecule has 0 aliphatic rings. The molecule has 72 valence electrons. The van der Waals surface area contributed by atoms with E-state index in [1.54, 1.807) is 11.4 Å². The van der Waals surface area contributed by atoms with Crippen molar-refractivity contribution >= 4 is 17.3 Å². The number of aromatic carboxylic acids is 1. The molecular weight excluding hydrogens is 198 g/mol. The van der Waals surface area contributed by atoms with E-state index in [4.69, 9.17) is 5.11 Å². The minimum Gasteiger partial charge on any atom is -0.478 e. The van der Waals surface area contributed by atoms with Gasteiger partial charge in [0.15, 0.2) is 0 Å². The molecular formula is C10H9NO2S. The summed E-state index contributed by atoms with van der Waals surface area (Å²) < 4.78 is 1.94. The number of rotatable bonds is 2. The molecule has 0 spiro atoms. The predicted molar refractivity (Wildman–Crippen MR) is 55.7 cm³/mol. The molecule has 0 fully saturated rings. The molecule has 0 bridgehead atoms. The van der Waals surface area contributed by atoms with Gasteiger partial charge in [-0.3, -0.25) is 0 Å². The number of nitrogens with zero attached hydrogens (tertiary/aromatic N) is 1. The SMILES string of the molecule is Cn1ccc(-c2cc(C(=O)O)cs2)c1. The van der Waals surface area contributed by atoms with Crippen LogP contribution in [-0.4, -0.2) is 15.6 Å². The van der Waals surface area contributed by atoms with E-state index in [0.29, 0.717) is 5.56 Å². The van der Waals surface area contributed by atoms with Crippen LogP contribution in [0.15, 0.2) is 29.9 Å². The van der Waals surface area contributed by atoms with E-state index in [2.05, 4.69) is 0 Å². The standard InChI is InChI=1S/C10H9NO2S/c1-11-3-2-7(5-11)9-4-8(6-14-9)10(12)13/h2-6H,1H3,(H,12,13). The number of carboxylic acid groups (broad SMARTS) is 1. The Balaban J connectivity index is 2.38. The Hall–Kier alpha value is -1.55. The van der Waals surface area contributed by atoms with Gasteiger partial charge in [-0.1, -0.05) is 0 Å². The van der Waals surface area contributed by atoms with Gasteiger partial charge in [-0.2, -0.15) is 0 Å². The molecule has 2 rings (SSSR count). The van der Waals surface area contributed by atoms with Gasteiger partial charge in [0, 0.05) is 35.3 Å². The molecule has 4 heteroatoms. The van der Waals surface area contributed by atoms with Crippen LogP contribution < -0.4 is 0 Å². The van der Waals surface area contributed by atoms with Crippen LogP contribution in [0.5, 0.6) is 0 Å². The van der Waals surface area contributed by atoms with Crippen LogP contribution in [0.2, 0.25) is 0 Å². The fourth-order valence-corrected chi connectivity index (χ4v) is 2.12. The fraction of sp³-hybridized carbons (Fsp3) is 0.100. The number of hydrogen-bond acceptors (Lipinski definition) is 2. The van der Waals surface area contributed by atoms with Crippen molar-refractivity contribution in [2.24, 2.45) is 7.05 Å². The minimum absolute atomic E-state index is 0.355. The van der Waals surface area contributed by atoms with Gasteiger partial charge < -0.3 is 9.67 Å². The van der Waals surface area contributed by atoms with E-state index in [0.717, 1.165) is 10.4 Å². The van der Waals surface area contributed by atoms with E-state index in [9.17, 15) is 4.79 Å². The van der Waals surface area contributed by atoms with Gasteiger partial charge in [0.2, 0.25) is 0 Å². The lowest BCUT2D eigenvalue weighted by Crippen LogP contribution is -1.91. The van der Waals surface area contributed by atoms with Crippen LogP contribution in [0, 0.1) is 0 Å². The van der Waals surface area contributed by atoms with Gasteiger partial charge in [-0.15, -0.1) is 11.3 Å². The summed E-state index contributed by atoms with van der Waals surface area (Å²) in [5.74, 6) is -0.872. The van der Waals surface area contributed by atoms with Crippen LogP contribution in [0.1, 0.15) is 10.4 Å². The highest BCUT2D eigenvalue weighted by atomic mass is 32.1. The van der Waals surface area contributed by atoms with E-state index in [1.807, 2.05) is 30.1 Å². The maximum atomic E-state index is 10.7. The smallest absolute Gasteiger partial charge is 0.336 e. The maximum absolute atomic E-state index is 10.7. The fourth-order valence-electron chi connectivity index (χ4n) is 1.25. The zero-order chi connectivity index (χ0) is 10.1. The normalized spacial score (nSPS) is 10.4. The topological polar surface area (TPSA) is 42.2 Å². The van der Waals surface area contributed by atoms with E-state index in [1.165, 1.54) is 11.3 Å². The van der Waals surface area contributed by atoms with Gasteiger partial charge >= 0.3 is 5.97 Å². The molecule has 2 heterocycles. The lowest BCUT2D eigenvalue weighted by Gasteiger charge is -1.89. The summed E-state index contributed by atoms with van der Waals surface area (Å²) in [7, 11) is 1.94. The molecule has 1 N–H and O–H groups in total. The second-order valence-electron chi connectivity index (χ2n) is 3.07. The van der Waals surface area contributed by atoms with Crippen molar-refractivity contribution < 1.29 is 9.90 Å². The molecule has 0 aliphatic heterocycles. The summed E-state index contributed by atoms with van der Waals surface area (Å²) in [6.07, 6.45) is 3.91. The van der Waals surface area contributed by atoms with Gasteiger partial charge in [0.1, 0.15) is 0 Å². The quantitative estimate of drug-likeness (QED) is 0.821. The van der Waals surface area contributed by atoms with Crippen molar-refractivity contribution in [3.8, 4) is 10.4 Å². The highest BCUT2D eigenvalue weighted by Crippen LogP contribution is 2.27. The molecule has 0 unspecified atom stereocenters. The Kier molecular flexibility index (Phi) is 2.13. The molecule has 14 heavy (non-hydrogen) atoms. The Morgan fingerprint density at radius 1 is 1.57 bits per heavy atom. The van der Waals surface area contributed by atoms with Crippen LogP contribution in [0.3, 0.4) is 0 Å². The molecule has 0 aliphatic carbocycles. The lowest BCUT2D eigenvalue weighted by atomic mass is 10.2. The number of hydrogen-bond donors (Lipinski definition) is 1. The molecule has 3 nitrogen and oxygen atoms in total. The molecule has 0 radical (unpaired) electrons. The Bertz CT molecular complexity index is 470. The number of thiophene rings is 1. The summed E-state index contributed by atoms with van der Waals surface area (Å²) >= 11 is 1.45. The highest BCUT2D eigenvalue weighted by molar-refractivity contribution is 7.13. The highest BCUT2D eigenvalue weighted by Gasteiger charge is 2.08. The largest absolute Gasteiger partial charge is 0.478 e. The van der Waals surface area contributed by atoms with Gasteiger partial charge in [0.05, 0.1) is 5.56 Å². The van der Waals surface area contributed by atoms with Gasteiger partial charge in [-0.25, -0.2) is 4.79 Å². The van der Waals surface area contributed by atoms with Crippen LogP contribution in [0.25, 0.3) is 10.4 Å². The van der Waals surface area contributed by atoms with Gasteiger partial charge in [-0.05, 0) is 12.1 Å². The van der Waals surface area contributed by atoms with Crippen molar-refractivity contribution in [1.29, 1.82) is 0 Å². The summed E-state index contributed by atoms with van der Waals surface area (Å²) in [6.45, 7) is 0. The second kappa shape index (κ2) is 3.31. The summed E-state index contributed by atoms with van der Waals surface area (Å²) in [5.41, 5.74) is 1.42. The molecule has 0 aromatic carbocycles. The lowest BCUT2D eigenvalue weighted by molar-refractivity contribution is 0.0697. The average Bonchev–Trinajstić information content (AvgIpc) is 2.70. The molecule has 2 aromatic rings. The molecule has 2 aromatic heterocycles. The van der Waals surface area contributed by atoms with E-state index in [-0.39, 0.29) is 0 Å². The van der Waals surface area contributed by atoms with Gasteiger partial charge in [0.25, 0.3) is 0 Å². The van der Waals surface area contributed by atoms with E-state index >= 15 is 0 Å². The zero-order valence-corrected chi connectivity index (χ0v) is 8.41. The number of aromatic nitrogens is 1. The summed E-state index contributed by atoms with van der Waals surface area (Å²) in [6, 6.07) is 3.67. The van der Waals surface area contributed by atoms with Crippen molar-refractivity contribution in [3.63, 3.8) is 0 Å². The first kappa shape index (κ1) is 9.02. The third-order valence-corrected chi connectivity index (χ3v) is 2.94. The average molecular weight is 207 g/mol. The zero-order valence-electron chi connectivity index (χ0n) is 7.60. The first-order valence-corrected chi connectivity index (χ1v) is 4.99. The third kappa shape index (κ3) is 1.56. The van der Waals surface area contributed by atoms with E-state index < -0.39 is 5.97 Å². The van der Waals surface area contributed by atoms with Crippen molar-refractivity contribution in [1.82, 2.24) is 4.57 Å². The Morgan fingerprint density at radius 2 is 2.36 bits per heavy atom. The summed E-state index contributed by atoms with van der Waals surface area (Å²) in [5, 5.41) is 10.4. The predicted octanol–water partition coefficient (Wildman–Crippen LogP) is 2.45.